The molecule has 1 aromatic carbocycles. The van der Waals surface area contributed by atoms with Crippen LogP contribution in [0.3, 0.4) is 0 Å². The molecule has 4 nitrogen and oxygen atoms in total. The summed E-state index contributed by atoms with van der Waals surface area (Å²) in [6.45, 7) is 0. The van der Waals surface area contributed by atoms with Gasteiger partial charge in [0.1, 0.15) is 5.75 Å². The van der Waals surface area contributed by atoms with Crippen molar-refractivity contribution in [2.45, 2.75) is 9.79 Å². The fourth-order valence-corrected chi connectivity index (χ4v) is 2.38. The Bertz CT molecular complexity index is 572. The maximum atomic E-state index is 11.1. The summed E-state index contributed by atoms with van der Waals surface area (Å²) in [6.07, 6.45) is 3.02. The Kier molecular flexibility index (Phi) is 3.84. The summed E-state index contributed by atoms with van der Waals surface area (Å²) >= 11 is 1.35. The van der Waals surface area contributed by atoms with Crippen LogP contribution in [0.2, 0.25) is 0 Å². The third-order valence-corrected chi connectivity index (χ3v) is 3.32. The molecule has 0 saturated heterocycles. The SMILES string of the molecule is COc1cccc(Sc2cnccc2C(=O)O)c1. The normalized spacial score (nSPS) is 10.1. The van der Waals surface area contributed by atoms with Crippen LogP contribution in [0.4, 0.5) is 0 Å². The lowest BCUT2D eigenvalue weighted by atomic mass is 10.3. The monoisotopic (exact) mass is 261 g/mol. The average Bonchev–Trinajstić information content (AvgIpc) is 2.39. The number of aromatic carboxylic acids is 1. The van der Waals surface area contributed by atoms with Gasteiger partial charge in [-0.3, -0.25) is 4.98 Å². The number of ether oxygens (including phenoxy) is 1. The molecule has 0 bridgehead atoms. The number of aromatic nitrogens is 1. The maximum absolute atomic E-state index is 11.1. The molecule has 5 heteroatoms. The van der Waals surface area contributed by atoms with Crippen LogP contribution in [0.15, 0.2) is 52.5 Å². The largest absolute Gasteiger partial charge is 0.497 e. The fraction of sp³-hybridized carbons (Fsp3) is 0.0769. The lowest BCUT2D eigenvalue weighted by Crippen LogP contribution is -1.98. The second-order valence-corrected chi connectivity index (χ2v) is 4.57. The van der Waals surface area contributed by atoms with Gasteiger partial charge in [-0.1, -0.05) is 17.8 Å². The number of rotatable bonds is 4. The van der Waals surface area contributed by atoms with Crippen molar-refractivity contribution in [3.8, 4) is 5.75 Å². The van der Waals surface area contributed by atoms with E-state index in [0.29, 0.717) is 4.90 Å². The Balaban J connectivity index is 2.31. The highest BCUT2D eigenvalue weighted by atomic mass is 32.2. The highest BCUT2D eigenvalue weighted by molar-refractivity contribution is 7.99. The lowest BCUT2D eigenvalue weighted by Gasteiger charge is -2.06. The van der Waals surface area contributed by atoms with Crippen LogP contribution in [-0.4, -0.2) is 23.2 Å². The number of benzene rings is 1. The van der Waals surface area contributed by atoms with Crippen molar-refractivity contribution in [2.24, 2.45) is 0 Å². The predicted octanol–water partition coefficient (Wildman–Crippen LogP) is 2.94. The van der Waals surface area contributed by atoms with E-state index in [2.05, 4.69) is 4.98 Å². The first-order valence-electron chi connectivity index (χ1n) is 5.20. The molecule has 0 aliphatic carbocycles. The van der Waals surface area contributed by atoms with Gasteiger partial charge in [0.2, 0.25) is 0 Å². The second-order valence-electron chi connectivity index (χ2n) is 3.46. The number of carbonyl (C=O) groups is 1. The van der Waals surface area contributed by atoms with E-state index in [1.807, 2.05) is 24.3 Å². The Hall–Kier alpha value is -2.01. The van der Waals surface area contributed by atoms with Crippen LogP contribution >= 0.6 is 11.8 Å². The van der Waals surface area contributed by atoms with Crippen LogP contribution < -0.4 is 4.74 Å². The summed E-state index contributed by atoms with van der Waals surface area (Å²) in [7, 11) is 1.59. The topological polar surface area (TPSA) is 59.4 Å². The van der Waals surface area contributed by atoms with Gasteiger partial charge in [0, 0.05) is 22.2 Å². The minimum Gasteiger partial charge on any atom is -0.497 e. The van der Waals surface area contributed by atoms with Crippen molar-refractivity contribution in [1.29, 1.82) is 0 Å². The lowest BCUT2D eigenvalue weighted by molar-refractivity contribution is 0.0693. The van der Waals surface area contributed by atoms with Gasteiger partial charge in [0.15, 0.2) is 0 Å². The van der Waals surface area contributed by atoms with Crippen molar-refractivity contribution < 1.29 is 14.6 Å². The van der Waals surface area contributed by atoms with Gasteiger partial charge >= 0.3 is 5.97 Å². The smallest absolute Gasteiger partial charge is 0.336 e. The third kappa shape index (κ3) is 2.81. The highest BCUT2D eigenvalue weighted by Gasteiger charge is 2.11. The summed E-state index contributed by atoms with van der Waals surface area (Å²) in [4.78, 5) is 16.5. The van der Waals surface area contributed by atoms with Crippen molar-refractivity contribution in [3.63, 3.8) is 0 Å². The van der Waals surface area contributed by atoms with Crippen molar-refractivity contribution in [2.75, 3.05) is 7.11 Å². The molecule has 0 aliphatic rings. The van der Waals surface area contributed by atoms with Crippen LogP contribution in [0.5, 0.6) is 5.75 Å². The van der Waals surface area contributed by atoms with E-state index < -0.39 is 5.97 Å². The number of carboxylic acids is 1. The molecule has 0 amide bonds. The first-order valence-corrected chi connectivity index (χ1v) is 6.01. The molecular weight excluding hydrogens is 250 g/mol. The molecule has 0 aliphatic heterocycles. The number of carboxylic acid groups (broad SMARTS) is 1. The molecule has 0 atom stereocenters. The van der Waals surface area contributed by atoms with Crippen molar-refractivity contribution in [3.05, 3.63) is 48.3 Å². The Morgan fingerprint density at radius 1 is 1.39 bits per heavy atom. The van der Waals surface area contributed by atoms with Gasteiger partial charge in [-0.2, -0.15) is 0 Å². The summed E-state index contributed by atoms with van der Waals surface area (Å²) in [5, 5.41) is 9.08. The minimum absolute atomic E-state index is 0.248. The minimum atomic E-state index is -0.956. The molecule has 0 saturated carbocycles. The van der Waals surface area contributed by atoms with E-state index >= 15 is 0 Å². The van der Waals surface area contributed by atoms with E-state index in [4.69, 9.17) is 9.84 Å². The molecular formula is C13H11NO3S. The molecule has 2 aromatic rings. The van der Waals surface area contributed by atoms with E-state index in [0.717, 1.165) is 10.6 Å². The summed E-state index contributed by atoms with van der Waals surface area (Å²) in [5.41, 5.74) is 0.248. The Morgan fingerprint density at radius 2 is 2.22 bits per heavy atom. The molecule has 0 fully saturated rings. The second kappa shape index (κ2) is 5.55. The zero-order valence-corrected chi connectivity index (χ0v) is 10.5. The van der Waals surface area contributed by atoms with Gasteiger partial charge < -0.3 is 9.84 Å². The van der Waals surface area contributed by atoms with Gasteiger partial charge in [-0.05, 0) is 24.3 Å². The first-order chi connectivity index (χ1) is 8.70. The molecule has 0 spiro atoms. The van der Waals surface area contributed by atoms with E-state index in [1.54, 1.807) is 13.3 Å². The van der Waals surface area contributed by atoms with E-state index in [-0.39, 0.29) is 5.56 Å². The molecule has 0 unspecified atom stereocenters. The molecule has 2 rings (SSSR count). The van der Waals surface area contributed by atoms with Gasteiger partial charge in [0.25, 0.3) is 0 Å². The van der Waals surface area contributed by atoms with Crippen LogP contribution in [0.1, 0.15) is 10.4 Å². The van der Waals surface area contributed by atoms with E-state index in [1.165, 1.54) is 24.0 Å². The average molecular weight is 261 g/mol. The van der Waals surface area contributed by atoms with Gasteiger partial charge in [0.05, 0.1) is 12.7 Å². The van der Waals surface area contributed by atoms with Crippen LogP contribution in [0, 0.1) is 0 Å². The Morgan fingerprint density at radius 3 is 2.94 bits per heavy atom. The van der Waals surface area contributed by atoms with Gasteiger partial charge in [-0.25, -0.2) is 4.79 Å². The zero-order valence-electron chi connectivity index (χ0n) is 9.66. The maximum Gasteiger partial charge on any atom is 0.336 e. The molecule has 92 valence electrons. The quantitative estimate of drug-likeness (QED) is 0.917. The third-order valence-electron chi connectivity index (χ3n) is 2.28. The number of hydrogen-bond acceptors (Lipinski definition) is 4. The van der Waals surface area contributed by atoms with Crippen LogP contribution in [0.25, 0.3) is 0 Å². The number of methoxy groups -OCH3 is 1. The van der Waals surface area contributed by atoms with Gasteiger partial charge in [-0.15, -0.1) is 0 Å². The van der Waals surface area contributed by atoms with Crippen LogP contribution in [-0.2, 0) is 0 Å². The summed E-state index contributed by atoms with van der Waals surface area (Å²) < 4.78 is 5.12. The summed E-state index contributed by atoms with van der Waals surface area (Å²) in [5.74, 6) is -0.219. The molecule has 1 heterocycles. The van der Waals surface area contributed by atoms with Crippen molar-refractivity contribution >= 4 is 17.7 Å². The molecule has 18 heavy (non-hydrogen) atoms. The fourth-order valence-electron chi connectivity index (χ4n) is 1.43. The Labute approximate surface area is 109 Å². The number of hydrogen-bond donors (Lipinski definition) is 1. The highest BCUT2D eigenvalue weighted by Crippen LogP contribution is 2.31. The zero-order chi connectivity index (χ0) is 13.0. The summed E-state index contributed by atoms with van der Waals surface area (Å²) in [6, 6.07) is 8.93. The first kappa shape index (κ1) is 12.4. The molecule has 1 N–H and O–H groups in total. The molecule has 1 aromatic heterocycles. The van der Waals surface area contributed by atoms with Crippen molar-refractivity contribution in [1.82, 2.24) is 4.98 Å². The number of pyridine rings is 1. The molecule has 0 radical (unpaired) electrons. The predicted molar refractivity (Wildman–Crippen MR) is 68.3 cm³/mol. The van der Waals surface area contributed by atoms with E-state index in [9.17, 15) is 4.79 Å². The number of nitrogens with zero attached hydrogens (tertiary/aromatic N) is 1. The standard InChI is InChI=1S/C13H11NO3S/c1-17-9-3-2-4-10(7-9)18-12-8-14-6-5-11(12)13(15)16/h2-8H,1H3,(H,15,16).